The van der Waals surface area contributed by atoms with Gasteiger partial charge in [-0.3, -0.25) is 14.6 Å². The first-order valence-corrected chi connectivity index (χ1v) is 16.0. The number of ether oxygens (including phenoxy) is 2. The van der Waals surface area contributed by atoms with Crippen LogP contribution in [-0.4, -0.2) is 63.4 Å². The van der Waals surface area contributed by atoms with E-state index >= 15 is 0 Å². The van der Waals surface area contributed by atoms with Crippen molar-refractivity contribution in [3.8, 4) is 22.8 Å². The van der Waals surface area contributed by atoms with Gasteiger partial charge in [-0.2, -0.15) is 0 Å². The molecule has 2 aromatic carbocycles. The third kappa shape index (κ3) is 6.25. The van der Waals surface area contributed by atoms with Crippen molar-refractivity contribution < 1.29 is 33.7 Å². The third-order valence-electron chi connectivity index (χ3n) is 9.29. The van der Waals surface area contributed by atoms with Gasteiger partial charge in [0.05, 0.1) is 23.9 Å². The quantitative estimate of drug-likeness (QED) is 0.190. The highest BCUT2D eigenvalue weighted by molar-refractivity contribution is 6.00. The van der Waals surface area contributed by atoms with Gasteiger partial charge in [-0.1, -0.05) is 6.07 Å². The Balaban J connectivity index is 1.17. The van der Waals surface area contributed by atoms with E-state index in [4.69, 9.17) is 14.5 Å². The van der Waals surface area contributed by atoms with Crippen LogP contribution in [0.4, 0.5) is 4.39 Å². The number of carbonyl (C=O) groups is 2. The van der Waals surface area contributed by atoms with Crippen LogP contribution in [-0.2, 0) is 15.8 Å². The van der Waals surface area contributed by atoms with Crippen LogP contribution in [0.1, 0.15) is 67.6 Å². The van der Waals surface area contributed by atoms with Gasteiger partial charge in [0, 0.05) is 34.8 Å². The number of nitrogens with zero attached hydrogens (tertiary/aromatic N) is 2. The Kier molecular flexibility index (Phi) is 7.64. The minimum atomic E-state index is -1.68. The lowest BCUT2D eigenvalue weighted by atomic mass is 9.81. The third-order valence-corrected chi connectivity index (χ3v) is 9.29. The maximum absolute atomic E-state index is 13.9. The molecule has 2 aromatic heterocycles. The van der Waals surface area contributed by atoms with Crippen molar-refractivity contribution in [1.82, 2.24) is 20.6 Å². The van der Waals surface area contributed by atoms with E-state index in [9.17, 15) is 24.2 Å². The number of aliphatic hydroxyl groups is 2. The summed E-state index contributed by atoms with van der Waals surface area (Å²) in [7, 11) is 0. The predicted octanol–water partition coefficient (Wildman–Crippen LogP) is 4.30. The van der Waals surface area contributed by atoms with Crippen molar-refractivity contribution in [2.24, 2.45) is 0 Å². The maximum atomic E-state index is 13.9. The average molecular weight is 641 g/mol. The molecule has 4 aromatic rings. The molecule has 2 saturated carbocycles. The molecular formula is C36H37FN4O6. The molecule has 0 unspecified atom stereocenters. The lowest BCUT2D eigenvalue weighted by Gasteiger charge is -2.27. The number of hydrogen-bond acceptors (Lipinski definition) is 8. The van der Waals surface area contributed by atoms with Gasteiger partial charge in [-0.15, -0.1) is 0 Å². The molecule has 2 atom stereocenters. The molecule has 0 bridgehead atoms. The molecule has 7 rings (SSSR count). The molecule has 2 aliphatic carbocycles. The number of nitrogens with one attached hydrogen (secondary N) is 2. The number of hydrogen-bond donors (Lipinski definition) is 4. The second-order valence-electron chi connectivity index (χ2n) is 13.4. The van der Waals surface area contributed by atoms with E-state index in [0.717, 1.165) is 31.1 Å². The van der Waals surface area contributed by atoms with Gasteiger partial charge >= 0.3 is 0 Å². The van der Waals surface area contributed by atoms with Crippen molar-refractivity contribution in [3.63, 3.8) is 0 Å². The van der Waals surface area contributed by atoms with Gasteiger partial charge in [0.2, 0.25) is 5.91 Å². The van der Waals surface area contributed by atoms with Crippen molar-refractivity contribution in [3.05, 3.63) is 83.4 Å². The molecular weight excluding hydrogens is 603 g/mol. The smallest absolute Gasteiger partial charge is 0.251 e. The highest BCUT2D eigenvalue weighted by Gasteiger charge is 2.47. The SMILES string of the molecule is C[C@](O)(CNC(=O)c1cc(OC2CC2)c2ncccc2c1)c1cc2c(c(-c3ccc(F)cc3)n1)OC[C@]2(C)C(=O)NCCC1(O)CC1. The van der Waals surface area contributed by atoms with Crippen molar-refractivity contribution in [2.45, 2.75) is 68.7 Å². The summed E-state index contributed by atoms with van der Waals surface area (Å²) in [6.45, 7) is 3.42. The van der Waals surface area contributed by atoms with E-state index in [1.807, 2.05) is 6.07 Å². The second-order valence-corrected chi connectivity index (χ2v) is 13.4. The summed E-state index contributed by atoms with van der Waals surface area (Å²) in [6, 6.07) is 14.4. The van der Waals surface area contributed by atoms with Crippen molar-refractivity contribution in [1.29, 1.82) is 0 Å². The number of benzene rings is 2. The van der Waals surface area contributed by atoms with E-state index in [1.165, 1.54) is 19.1 Å². The molecule has 47 heavy (non-hydrogen) atoms. The summed E-state index contributed by atoms with van der Waals surface area (Å²) in [5.74, 6) is -0.219. The number of rotatable bonds is 11. The molecule has 0 spiro atoms. The first kappa shape index (κ1) is 31.0. The highest BCUT2D eigenvalue weighted by atomic mass is 19.1. The van der Waals surface area contributed by atoms with E-state index < -0.39 is 28.3 Å². The summed E-state index contributed by atoms with van der Waals surface area (Å²) in [4.78, 5) is 36.2. The zero-order valence-electron chi connectivity index (χ0n) is 26.3. The zero-order chi connectivity index (χ0) is 33.0. The van der Waals surface area contributed by atoms with E-state index in [1.54, 1.807) is 49.5 Å². The van der Waals surface area contributed by atoms with Crippen molar-refractivity contribution >= 4 is 22.7 Å². The predicted molar refractivity (Wildman–Crippen MR) is 172 cm³/mol. The topological polar surface area (TPSA) is 143 Å². The molecule has 1 aliphatic heterocycles. The van der Waals surface area contributed by atoms with Crippen LogP contribution in [0, 0.1) is 5.82 Å². The number of amides is 2. The van der Waals surface area contributed by atoms with Gasteiger partial charge in [-0.25, -0.2) is 9.37 Å². The normalized spacial score (nSPS) is 20.5. The fourth-order valence-electron chi connectivity index (χ4n) is 5.84. The number of halogens is 1. The molecule has 3 aliphatic rings. The van der Waals surface area contributed by atoms with Crippen LogP contribution in [0.25, 0.3) is 22.2 Å². The van der Waals surface area contributed by atoms with Crippen LogP contribution >= 0.6 is 0 Å². The summed E-state index contributed by atoms with van der Waals surface area (Å²) in [5.41, 5.74) is -0.882. The Bertz CT molecular complexity index is 1870. The minimum absolute atomic E-state index is 0.0265. The Morgan fingerprint density at radius 3 is 2.62 bits per heavy atom. The molecule has 0 radical (unpaired) electrons. The second kappa shape index (κ2) is 11.6. The Morgan fingerprint density at radius 1 is 1.13 bits per heavy atom. The Labute approximate surface area is 271 Å². The van der Waals surface area contributed by atoms with Gasteiger partial charge in [-0.05, 0) is 94.5 Å². The first-order valence-electron chi connectivity index (χ1n) is 16.0. The molecule has 2 amide bonds. The van der Waals surface area contributed by atoms with Crippen molar-refractivity contribution in [2.75, 3.05) is 19.7 Å². The summed E-state index contributed by atoms with van der Waals surface area (Å²) in [6.07, 6.45) is 5.61. The number of carbonyl (C=O) groups excluding carboxylic acids is 2. The molecule has 4 N–H and O–H groups in total. The Hall–Kier alpha value is -4.61. The molecule has 3 heterocycles. The van der Waals surface area contributed by atoms with Gasteiger partial charge in [0.25, 0.3) is 5.91 Å². The van der Waals surface area contributed by atoms with Crippen LogP contribution in [0.5, 0.6) is 11.5 Å². The van der Waals surface area contributed by atoms with Gasteiger partial charge < -0.3 is 30.3 Å². The number of fused-ring (bicyclic) bond motifs is 2. The van der Waals surface area contributed by atoms with E-state index in [2.05, 4.69) is 15.6 Å². The molecule has 11 heteroatoms. The molecule has 244 valence electrons. The van der Waals surface area contributed by atoms with E-state index in [0.29, 0.717) is 52.4 Å². The summed E-state index contributed by atoms with van der Waals surface area (Å²) in [5, 5.41) is 28.5. The molecule has 2 fully saturated rings. The van der Waals surface area contributed by atoms with Crippen LogP contribution in [0.3, 0.4) is 0 Å². The number of aromatic nitrogens is 2. The van der Waals surface area contributed by atoms with Crippen LogP contribution in [0.15, 0.2) is 60.8 Å². The first-order chi connectivity index (χ1) is 22.4. The molecule has 0 saturated heterocycles. The summed E-state index contributed by atoms with van der Waals surface area (Å²) >= 11 is 0. The highest BCUT2D eigenvalue weighted by Crippen LogP contribution is 2.46. The lowest BCUT2D eigenvalue weighted by Crippen LogP contribution is -2.44. The Morgan fingerprint density at radius 2 is 1.89 bits per heavy atom. The molecule has 10 nitrogen and oxygen atoms in total. The van der Waals surface area contributed by atoms with Gasteiger partial charge in [0.15, 0.2) is 0 Å². The standard InChI is InChI=1S/C36H37FN4O6/c1-34(33(43)39-15-13-36(45)11-12-36)20-46-31-26(34)18-28(41-30(31)21-5-7-24(37)8-6-21)35(2,44)19-40-32(42)23-16-22-4-3-14-38-29(22)27(17-23)47-25-9-10-25/h3-8,14,16-18,25,44-45H,9-13,15,19-20H2,1-2H3,(H,39,43)(H,40,42)/t34-,35-/m0/s1. The fourth-order valence-corrected chi connectivity index (χ4v) is 5.84. The summed E-state index contributed by atoms with van der Waals surface area (Å²) < 4.78 is 26.0. The minimum Gasteiger partial charge on any atom is -0.489 e. The maximum Gasteiger partial charge on any atom is 0.251 e. The largest absolute Gasteiger partial charge is 0.489 e. The van der Waals surface area contributed by atoms with Gasteiger partial charge in [0.1, 0.15) is 46.1 Å². The fraction of sp³-hybridized carbons (Fsp3) is 0.389. The zero-order valence-corrected chi connectivity index (χ0v) is 26.3. The van der Waals surface area contributed by atoms with E-state index in [-0.39, 0.29) is 30.9 Å². The number of pyridine rings is 2. The van der Waals surface area contributed by atoms with Crippen LogP contribution < -0.4 is 20.1 Å². The lowest BCUT2D eigenvalue weighted by molar-refractivity contribution is -0.126. The average Bonchev–Trinajstić information content (AvgIpc) is 3.99. The van der Waals surface area contributed by atoms with Crippen LogP contribution in [0.2, 0.25) is 0 Å². The monoisotopic (exact) mass is 640 g/mol.